The second kappa shape index (κ2) is 5.54. The molecule has 0 spiro atoms. The van der Waals surface area contributed by atoms with Gasteiger partial charge in [-0.3, -0.25) is 4.79 Å². The Morgan fingerprint density at radius 3 is 2.70 bits per heavy atom. The zero-order valence-electron chi connectivity index (χ0n) is 11.1. The van der Waals surface area contributed by atoms with Crippen LogP contribution in [0.3, 0.4) is 0 Å². The summed E-state index contributed by atoms with van der Waals surface area (Å²) in [6, 6.07) is 11.9. The molecule has 0 radical (unpaired) electrons. The molecule has 1 atom stereocenters. The first-order valence-electron chi connectivity index (χ1n) is 6.86. The molecule has 0 aromatic heterocycles. The van der Waals surface area contributed by atoms with E-state index in [1.807, 2.05) is 36.4 Å². The van der Waals surface area contributed by atoms with Crippen molar-refractivity contribution in [3.63, 3.8) is 0 Å². The Hall–Kier alpha value is -1.39. The average Bonchev–Trinajstić information content (AvgIpc) is 3.28. The van der Waals surface area contributed by atoms with Crippen molar-refractivity contribution in [2.24, 2.45) is 11.7 Å². The number of hydrogen-bond acceptors (Lipinski definition) is 2. The lowest BCUT2D eigenvalue weighted by Gasteiger charge is -2.12. The van der Waals surface area contributed by atoms with Crippen molar-refractivity contribution < 1.29 is 4.79 Å². The van der Waals surface area contributed by atoms with Crippen LogP contribution in [0.4, 0.5) is 0 Å². The van der Waals surface area contributed by atoms with Crippen LogP contribution >= 0.6 is 15.9 Å². The summed E-state index contributed by atoms with van der Waals surface area (Å²) >= 11 is 3.45. The van der Waals surface area contributed by atoms with E-state index in [9.17, 15) is 4.79 Å². The molecule has 0 bridgehead atoms. The number of hydrogen-bond donors (Lipinski definition) is 2. The van der Waals surface area contributed by atoms with Crippen molar-refractivity contribution in [1.82, 2.24) is 5.32 Å². The number of nitrogens with two attached hydrogens (primary N) is 1. The molecule has 1 aliphatic rings. The molecule has 0 aliphatic heterocycles. The van der Waals surface area contributed by atoms with Gasteiger partial charge in [0.15, 0.2) is 0 Å². The minimum absolute atomic E-state index is 0.0501. The molecular formula is C16H17BrN2O. The molecule has 2 aromatic carbocycles. The minimum atomic E-state index is -0.0501. The van der Waals surface area contributed by atoms with Gasteiger partial charge in [0.1, 0.15) is 0 Å². The summed E-state index contributed by atoms with van der Waals surface area (Å²) in [5.41, 5.74) is 6.68. The van der Waals surface area contributed by atoms with Crippen LogP contribution in [-0.2, 0) is 0 Å². The van der Waals surface area contributed by atoms with Gasteiger partial charge in [0.2, 0.25) is 0 Å². The Morgan fingerprint density at radius 2 is 1.95 bits per heavy atom. The molecule has 2 aromatic rings. The number of carbonyl (C=O) groups excluding carboxylic acids is 1. The first-order chi connectivity index (χ1) is 9.63. The maximum Gasteiger partial charge on any atom is 0.251 e. The summed E-state index contributed by atoms with van der Waals surface area (Å²) < 4.78 is 1.04. The number of halogens is 1. The quantitative estimate of drug-likeness (QED) is 0.903. The Bertz CT molecular complexity index is 652. The van der Waals surface area contributed by atoms with E-state index in [2.05, 4.69) is 21.2 Å². The largest absolute Gasteiger partial charge is 0.350 e. The zero-order valence-corrected chi connectivity index (χ0v) is 12.7. The molecule has 1 saturated carbocycles. The third-order valence-corrected chi connectivity index (χ3v) is 4.28. The van der Waals surface area contributed by atoms with Crippen LogP contribution in [0.15, 0.2) is 40.9 Å². The number of carbonyl (C=O) groups is 1. The van der Waals surface area contributed by atoms with Crippen LogP contribution in [0.1, 0.15) is 23.2 Å². The molecule has 1 amide bonds. The molecule has 20 heavy (non-hydrogen) atoms. The number of fused-ring (bicyclic) bond motifs is 1. The lowest BCUT2D eigenvalue weighted by Crippen LogP contribution is -2.38. The number of amides is 1. The van der Waals surface area contributed by atoms with E-state index in [-0.39, 0.29) is 11.9 Å². The van der Waals surface area contributed by atoms with Gasteiger partial charge in [0.05, 0.1) is 0 Å². The van der Waals surface area contributed by atoms with Crippen molar-refractivity contribution >= 4 is 32.6 Å². The average molecular weight is 333 g/mol. The van der Waals surface area contributed by atoms with Crippen LogP contribution in [0.5, 0.6) is 0 Å². The van der Waals surface area contributed by atoms with E-state index in [0.717, 1.165) is 15.2 Å². The lowest BCUT2D eigenvalue weighted by atomic mass is 10.1. The third kappa shape index (κ3) is 3.02. The molecule has 0 saturated heterocycles. The summed E-state index contributed by atoms with van der Waals surface area (Å²) in [6.07, 6.45) is 2.39. The molecule has 1 aliphatic carbocycles. The lowest BCUT2D eigenvalue weighted by molar-refractivity contribution is 0.0950. The van der Waals surface area contributed by atoms with Crippen LogP contribution < -0.4 is 11.1 Å². The Kier molecular flexibility index (Phi) is 3.76. The smallest absolute Gasteiger partial charge is 0.251 e. The van der Waals surface area contributed by atoms with Gasteiger partial charge in [-0.2, -0.15) is 0 Å². The summed E-state index contributed by atoms with van der Waals surface area (Å²) in [6.45, 7) is 0.557. The fraction of sp³-hybridized carbons (Fsp3) is 0.312. The van der Waals surface area contributed by atoms with Crippen LogP contribution in [0.25, 0.3) is 10.8 Å². The van der Waals surface area contributed by atoms with E-state index < -0.39 is 0 Å². The third-order valence-electron chi connectivity index (χ3n) is 3.79. The van der Waals surface area contributed by atoms with Crippen LogP contribution in [-0.4, -0.2) is 18.5 Å². The first kappa shape index (κ1) is 13.6. The molecule has 0 heterocycles. The minimum Gasteiger partial charge on any atom is -0.350 e. The molecule has 3 rings (SSSR count). The topological polar surface area (TPSA) is 55.1 Å². The second-order valence-corrected chi connectivity index (χ2v) is 6.33. The normalized spacial score (nSPS) is 16.1. The standard InChI is InChI=1S/C16H17BrN2O/c17-14-6-5-11-7-13(4-3-12(11)8-14)16(20)19-9-15(18)10-1-2-10/h3-8,10,15H,1-2,9,18H2,(H,19,20). The first-order valence-corrected chi connectivity index (χ1v) is 7.66. The SMILES string of the molecule is NC(CNC(=O)c1ccc2cc(Br)ccc2c1)C1CC1. The van der Waals surface area contributed by atoms with E-state index in [4.69, 9.17) is 5.73 Å². The van der Waals surface area contributed by atoms with Gasteiger partial charge in [0, 0.05) is 22.6 Å². The number of nitrogens with one attached hydrogen (secondary N) is 1. The summed E-state index contributed by atoms with van der Waals surface area (Å²) in [7, 11) is 0. The predicted molar refractivity (Wildman–Crippen MR) is 84.7 cm³/mol. The maximum atomic E-state index is 12.1. The van der Waals surface area contributed by atoms with E-state index >= 15 is 0 Å². The van der Waals surface area contributed by atoms with Gasteiger partial charge in [-0.05, 0) is 53.8 Å². The van der Waals surface area contributed by atoms with Gasteiger partial charge in [-0.1, -0.05) is 28.1 Å². The highest BCUT2D eigenvalue weighted by Gasteiger charge is 2.28. The van der Waals surface area contributed by atoms with Crippen LogP contribution in [0, 0.1) is 5.92 Å². The van der Waals surface area contributed by atoms with Crippen molar-refractivity contribution in [2.45, 2.75) is 18.9 Å². The van der Waals surface area contributed by atoms with Gasteiger partial charge < -0.3 is 11.1 Å². The highest BCUT2D eigenvalue weighted by Crippen LogP contribution is 2.31. The monoisotopic (exact) mass is 332 g/mol. The van der Waals surface area contributed by atoms with Crippen molar-refractivity contribution in [3.8, 4) is 0 Å². The molecule has 3 N–H and O–H groups in total. The van der Waals surface area contributed by atoms with Gasteiger partial charge in [-0.25, -0.2) is 0 Å². The maximum absolute atomic E-state index is 12.1. The van der Waals surface area contributed by atoms with Crippen molar-refractivity contribution in [2.75, 3.05) is 6.54 Å². The van der Waals surface area contributed by atoms with Gasteiger partial charge in [-0.15, -0.1) is 0 Å². The molecule has 104 valence electrons. The molecular weight excluding hydrogens is 316 g/mol. The van der Waals surface area contributed by atoms with Gasteiger partial charge in [0.25, 0.3) is 5.91 Å². The number of rotatable bonds is 4. The Balaban J connectivity index is 1.72. The summed E-state index contributed by atoms with van der Waals surface area (Å²) in [4.78, 5) is 12.1. The fourth-order valence-electron chi connectivity index (χ4n) is 2.36. The zero-order chi connectivity index (χ0) is 14.1. The fourth-order valence-corrected chi connectivity index (χ4v) is 2.74. The Labute approximate surface area is 126 Å². The number of benzene rings is 2. The molecule has 3 nitrogen and oxygen atoms in total. The summed E-state index contributed by atoms with van der Waals surface area (Å²) in [5, 5.41) is 5.10. The second-order valence-electron chi connectivity index (χ2n) is 5.42. The highest BCUT2D eigenvalue weighted by molar-refractivity contribution is 9.10. The van der Waals surface area contributed by atoms with E-state index in [1.54, 1.807) is 0 Å². The van der Waals surface area contributed by atoms with E-state index in [0.29, 0.717) is 18.0 Å². The summed E-state index contributed by atoms with van der Waals surface area (Å²) in [5.74, 6) is 0.551. The highest BCUT2D eigenvalue weighted by atomic mass is 79.9. The van der Waals surface area contributed by atoms with Crippen molar-refractivity contribution in [1.29, 1.82) is 0 Å². The van der Waals surface area contributed by atoms with E-state index in [1.165, 1.54) is 12.8 Å². The molecule has 4 heteroatoms. The molecule has 1 unspecified atom stereocenters. The van der Waals surface area contributed by atoms with Gasteiger partial charge >= 0.3 is 0 Å². The molecule has 1 fully saturated rings. The Morgan fingerprint density at radius 1 is 1.25 bits per heavy atom. The predicted octanol–water partition coefficient (Wildman–Crippen LogP) is 3.07. The van der Waals surface area contributed by atoms with Crippen LogP contribution in [0.2, 0.25) is 0 Å². The van der Waals surface area contributed by atoms with Crippen molar-refractivity contribution in [3.05, 3.63) is 46.4 Å².